The Bertz CT molecular complexity index is 1060. The number of amides is 2. The van der Waals surface area contributed by atoms with E-state index in [9.17, 15) is 27.2 Å². The first-order chi connectivity index (χ1) is 15.9. The lowest BCUT2D eigenvalue weighted by molar-refractivity contribution is -0.192. The molecule has 7 nitrogen and oxygen atoms in total. The number of rotatable bonds is 2. The molecular weight excluding hydrogens is 458 g/mol. The largest absolute Gasteiger partial charge is 0.490 e. The van der Waals surface area contributed by atoms with Gasteiger partial charge in [-0.25, -0.2) is 9.18 Å². The number of likely N-dealkylation sites (tertiary alicyclic amines) is 1. The number of hydrogen-bond donors (Lipinski definition) is 1. The molecule has 11 heteroatoms. The molecule has 2 aliphatic rings. The normalized spacial score (nSPS) is 20.8. The molecule has 0 radical (unpaired) electrons. The average Bonchev–Trinajstić information content (AvgIpc) is 3.22. The van der Waals surface area contributed by atoms with Crippen molar-refractivity contribution in [3.05, 3.63) is 66.0 Å². The van der Waals surface area contributed by atoms with Gasteiger partial charge in [0.1, 0.15) is 5.82 Å². The molecule has 2 saturated heterocycles. The second kappa shape index (κ2) is 9.80. The number of likely N-dealkylation sites (N-methyl/N-ethyl adjacent to an activating group) is 1. The number of anilines is 1. The van der Waals surface area contributed by atoms with E-state index in [2.05, 4.69) is 0 Å². The number of piperazine rings is 1. The molecule has 0 saturated carbocycles. The van der Waals surface area contributed by atoms with Crippen molar-refractivity contribution in [2.45, 2.75) is 18.1 Å². The quantitative estimate of drug-likeness (QED) is 0.667. The third kappa shape index (κ3) is 5.36. The number of alkyl halides is 3. The van der Waals surface area contributed by atoms with Crippen molar-refractivity contribution in [1.82, 2.24) is 9.80 Å². The van der Waals surface area contributed by atoms with E-state index in [1.165, 1.54) is 12.1 Å². The van der Waals surface area contributed by atoms with Crippen LogP contribution >= 0.6 is 0 Å². The summed E-state index contributed by atoms with van der Waals surface area (Å²) in [6, 6.07) is 15.7. The molecule has 2 aromatic rings. The molecule has 1 spiro atoms. The lowest BCUT2D eigenvalue weighted by atomic mass is 9.92. The van der Waals surface area contributed by atoms with Gasteiger partial charge in [0.15, 0.2) is 0 Å². The maximum Gasteiger partial charge on any atom is 0.490 e. The van der Waals surface area contributed by atoms with Gasteiger partial charge in [0, 0.05) is 25.3 Å². The van der Waals surface area contributed by atoms with Gasteiger partial charge in [0.2, 0.25) is 5.91 Å². The van der Waals surface area contributed by atoms with Gasteiger partial charge in [-0.2, -0.15) is 13.2 Å². The number of para-hydroxylation sites is 1. The Balaban J connectivity index is 0.000000406. The van der Waals surface area contributed by atoms with E-state index in [1.807, 2.05) is 42.3 Å². The molecule has 1 N–H and O–H groups in total. The fourth-order valence-corrected chi connectivity index (χ4v) is 4.08. The zero-order valence-corrected chi connectivity index (χ0v) is 18.3. The van der Waals surface area contributed by atoms with Crippen LogP contribution in [-0.4, -0.2) is 77.6 Å². The SMILES string of the molecule is CN1CC(=O)N(c2ccccc2)CC12CCN(C(=O)c1ccccc1F)C2.O=C(O)C(F)(F)F. The molecule has 2 amide bonds. The van der Waals surface area contributed by atoms with Gasteiger partial charge < -0.3 is 14.9 Å². The highest BCUT2D eigenvalue weighted by Crippen LogP contribution is 2.34. The number of hydrogen-bond acceptors (Lipinski definition) is 4. The number of nitrogens with zero attached hydrogens (tertiary/aromatic N) is 3. The maximum atomic E-state index is 14.0. The van der Waals surface area contributed by atoms with Crippen LogP contribution in [0.5, 0.6) is 0 Å². The number of carbonyl (C=O) groups excluding carboxylic acids is 2. The lowest BCUT2D eigenvalue weighted by Crippen LogP contribution is -2.64. The standard InChI is InChI=1S/C21H22FN3O2.C2HF3O2/c1-23-13-19(26)25(16-7-3-2-4-8-16)15-21(23)11-12-24(14-21)20(27)17-9-5-6-10-18(17)22;3-2(4,5)1(6)7/h2-10H,11-15H2,1H3;(H,6,7). The predicted octanol–water partition coefficient (Wildman–Crippen LogP) is 3.02. The van der Waals surface area contributed by atoms with Gasteiger partial charge in [-0.15, -0.1) is 0 Å². The zero-order valence-electron chi connectivity index (χ0n) is 18.3. The van der Waals surface area contributed by atoms with Crippen molar-refractivity contribution in [2.24, 2.45) is 0 Å². The van der Waals surface area contributed by atoms with Crippen LogP contribution in [0.3, 0.4) is 0 Å². The molecule has 34 heavy (non-hydrogen) atoms. The number of aliphatic carboxylic acids is 1. The Kier molecular flexibility index (Phi) is 7.25. The third-order valence-electron chi connectivity index (χ3n) is 5.97. The molecule has 0 aromatic heterocycles. The van der Waals surface area contributed by atoms with Crippen LogP contribution in [0, 0.1) is 5.82 Å². The van der Waals surface area contributed by atoms with Gasteiger partial charge in [0.25, 0.3) is 5.91 Å². The minimum Gasteiger partial charge on any atom is -0.475 e. The Morgan fingerprint density at radius 2 is 1.59 bits per heavy atom. The second-order valence-electron chi connectivity index (χ2n) is 8.16. The molecule has 0 bridgehead atoms. The molecular formula is C23H23F4N3O4. The van der Waals surface area contributed by atoms with Crippen LogP contribution in [0.25, 0.3) is 0 Å². The van der Waals surface area contributed by atoms with E-state index in [4.69, 9.17) is 9.90 Å². The zero-order chi connectivity index (χ0) is 25.1. The fourth-order valence-electron chi connectivity index (χ4n) is 4.08. The van der Waals surface area contributed by atoms with E-state index in [1.54, 1.807) is 21.9 Å². The lowest BCUT2D eigenvalue weighted by Gasteiger charge is -2.46. The monoisotopic (exact) mass is 481 g/mol. The third-order valence-corrected chi connectivity index (χ3v) is 5.97. The van der Waals surface area contributed by atoms with Crippen molar-refractivity contribution in [2.75, 3.05) is 38.1 Å². The Morgan fingerprint density at radius 3 is 2.18 bits per heavy atom. The fraction of sp³-hybridized carbons (Fsp3) is 0.348. The van der Waals surface area contributed by atoms with Crippen LogP contribution in [0.1, 0.15) is 16.8 Å². The average molecular weight is 481 g/mol. The van der Waals surface area contributed by atoms with Crippen LogP contribution in [-0.2, 0) is 9.59 Å². The summed E-state index contributed by atoms with van der Waals surface area (Å²) in [6.07, 6.45) is -4.33. The molecule has 2 fully saturated rings. The summed E-state index contributed by atoms with van der Waals surface area (Å²) in [5.41, 5.74) is 0.655. The number of carboxylic acids is 1. The number of carbonyl (C=O) groups is 3. The van der Waals surface area contributed by atoms with Gasteiger partial charge in [-0.1, -0.05) is 30.3 Å². The molecule has 2 aliphatic heterocycles. The first-order valence-electron chi connectivity index (χ1n) is 10.4. The smallest absolute Gasteiger partial charge is 0.475 e. The van der Waals surface area contributed by atoms with Crippen molar-refractivity contribution in [3.63, 3.8) is 0 Å². The summed E-state index contributed by atoms with van der Waals surface area (Å²) in [5.74, 6) is -3.50. The Labute approximate surface area is 193 Å². The highest BCUT2D eigenvalue weighted by molar-refractivity contribution is 5.97. The first kappa shape index (κ1) is 25.2. The molecule has 4 rings (SSSR count). The van der Waals surface area contributed by atoms with Crippen molar-refractivity contribution >= 4 is 23.5 Å². The van der Waals surface area contributed by atoms with E-state index in [0.717, 1.165) is 12.1 Å². The van der Waals surface area contributed by atoms with Gasteiger partial charge in [0.05, 0.1) is 17.6 Å². The van der Waals surface area contributed by atoms with Gasteiger partial charge in [-0.05, 0) is 37.7 Å². The molecule has 1 unspecified atom stereocenters. The number of carboxylic acid groups (broad SMARTS) is 1. The number of benzene rings is 2. The van der Waals surface area contributed by atoms with Crippen molar-refractivity contribution in [3.8, 4) is 0 Å². The molecule has 1 atom stereocenters. The minimum absolute atomic E-state index is 0.0493. The summed E-state index contributed by atoms with van der Waals surface area (Å²) >= 11 is 0. The van der Waals surface area contributed by atoms with Gasteiger partial charge in [-0.3, -0.25) is 14.5 Å². The predicted molar refractivity (Wildman–Crippen MR) is 115 cm³/mol. The minimum atomic E-state index is -5.08. The molecule has 0 aliphatic carbocycles. The van der Waals surface area contributed by atoms with Gasteiger partial charge >= 0.3 is 12.1 Å². The van der Waals surface area contributed by atoms with Crippen LogP contribution in [0.4, 0.5) is 23.2 Å². The van der Waals surface area contributed by atoms with E-state index in [0.29, 0.717) is 26.2 Å². The highest BCUT2D eigenvalue weighted by Gasteiger charge is 2.48. The second-order valence-corrected chi connectivity index (χ2v) is 8.16. The van der Waals surface area contributed by atoms with E-state index in [-0.39, 0.29) is 22.9 Å². The first-order valence-corrected chi connectivity index (χ1v) is 10.4. The summed E-state index contributed by atoms with van der Waals surface area (Å²) in [6.45, 7) is 1.85. The Morgan fingerprint density at radius 1 is 1.00 bits per heavy atom. The van der Waals surface area contributed by atoms with Crippen LogP contribution < -0.4 is 4.90 Å². The highest BCUT2D eigenvalue weighted by atomic mass is 19.4. The molecule has 2 aromatic carbocycles. The van der Waals surface area contributed by atoms with E-state index < -0.39 is 18.0 Å². The summed E-state index contributed by atoms with van der Waals surface area (Å²) < 4.78 is 45.8. The van der Waals surface area contributed by atoms with Crippen LogP contribution in [0.2, 0.25) is 0 Å². The number of halogens is 4. The van der Waals surface area contributed by atoms with E-state index >= 15 is 0 Å². The summed E-state index contributed by atoms with van der Waals surface area (Å²) in [7, 11) is 1.93. The summed E-state index contributed by atoms with van der Waals surface area (Å²) in [5, 5.41) is 7.12. The molecule has 182 valence electrons. The maximum absolute atomic E-state index is 14.0. The molecule has 2 heterocycles. The summed E-state index contributed by atoms with van der Waals surface area (Å²) in [4.78, 5) is 39.8. The van der Waals surface area contributed by atoms with Crippen LogP contribution in [0.15, 0.2) is 54.6 Å². The topological polar surface area (TPSA) is 81.2 Å². The Hall–Kier alpha value is -3.47. The van der Waals surface area contributed by atoms with Crippen molar-refractivity contribution in [1.29, 1.82) is 0 Å². The van der Waals surface area contributed by atoms with Crippen molar-refractivity contribution < 1.29 is 37.1 Å².